The zero-order valence-corrected chi connectivity index (χ0v) is 10.1. The monoisotopic (exact) mass is 239 g/mol. The lowest BCUT2D eigenvalue weighted by Gasteiger charge is -2.15. The largest absolute Gasteiger partial charge is 0.406 e. The van der Waals surface area contributed by atoms with E-state index in [4.69, 9.17) is 0 Å². The molecule has 0 saturated heterocycles. The van der Waals surface area contributed by atoms with Gasteiger partial charge in [0.25, 0.3) is 0 Å². The van der Waals surface area contributed by atoms with Crippen molar-refractivity contribution in [3.05, 3.63) is 16.4 Å². The molecule has 2 rings (SSSR count). The van der Waals surface area contributed by atoms with Crippen LogP contribution in [0, 0.1) is 10.1 Å². The molecule has 7 heteroatoms. The fourth-order valence-electron chi connectivity index (χ4n) is 1.80. The molecular formula is C10H17N5O2. The van der Waals surface area contributed by atoms with Gasteiger partial charge in [0.2, 0.25) is 12.1 Å². The maximum Gasteiger partial charge on any atom is 0.406 e. The van der Waals surface area contributed by atoms with Crippen LogP contribution in [0.1, 0.15) is 12.8 Å². The second-order valence-corrected chi connectivity index (χ2v) is 4.42. The smallest absolute Gasteiger partial charge is 0.363 e. The molecule has 1 aromatic heterocycles. The van der Waals surface area contributed by atoms with E-state index in [1.54, 1.807) is 11.6 Å². The van der Waals surface area contributed by atoms with Gasteiger partial charge in [-0.05, 0) is 29.8 Å². The molecule has 1 N–H and O–H groups in total. The van der Waals surface area contributed by atoms with E-state index in [9.17, 15) is 10.1 Å². The number of likely N-dealkylation sites (N-methyl/N-ethyl adjacent to an activating group) is 1. The first-order valence-electron chi connectivity index (χ1n) is 5.69. The molecule has 17 heavy (non-hydrogen) atoms. The van der Waals surface area contributed by atoms with E-state index in [1.165, 1.54) is 19.2 Å². The molecule has 0 aliphatic heterocycles. The van der Waals surface area contributed by atoms with Crippen molar-refractivity contribution >= 4 is 11.6 Å². The predicted octanol–water partition coefficient (Wildman–Crippen LogP) is 0.834. The quantitative estimate of drug-likeness (QED) is 0.588. The number of anilines is 1. The molecule has 7 nitrogen and oxygen atoms in total. The van der Waals surface area contributed by atoms with Crippen LogP contribution in [-0.2, 0) is 7.05 Å². The summed E-state index contributed by atoms with van der Waals surface area (Å²) in [7, 11) is 3.82. The first-order valence-corrected chi connectivity index (χ1v) is 5.69. The molecule has 1 fully saturated rings. The van der Waals surface area contributed by atoms with Crippen LogP contribution in [-0.4, -0.2) is 45.6 Å². The van der Waals surface area contributed by atoms with Crippen molar-refractivity contribution in [3.63, 3.8) is 0 Å². The summed E-state index contributed by atoms with van der Waals surface area (Å²) in [6.07, 6.45) is 3.98. The second kappa shape index (κ2) is 4.70. The summed E-state index contributed by atoms with van der Waals surface area (Å²) in [6, 6.07) is 0.707. The van der Waals surface area contributed by atoms with Crippen molar-refractivity contribution in [2.75, 3.05) is 25.5 Å². The van der Waals surface area contributed by atoms with E-state index >= 15 is 0 Å². The Kier molecular flexibility index (Phi) is 3.28. The minimum absolute atomic E-state index is 0.110. The Hall–Kier alpha value is -1.63. The topological polar surface area (TPSA) is 76.2 Å². The van der Waals surface area contributed by atoms with Crippen LogP contribution in [0.5, 0.6) is 0 Å². The number of nitro groups is 1. The summed E-state index contributed by atoms with van der Waals surface area (Å²) in [6.45, 7) is 1.57. The highest BCUT2D eigenvalue weighted by atomic mass is 16.6. The first kappa shape index (κ1) is 11.8. The number of nitrogens with zero attached hydrogens (tertiary/aromatic N) is 4. The SMILES string of the molecule is CN(CCNc1c([N+](=O)[O-])ncn1C)C1CC1. The third kappa shape index (κ3) is 2.73. The average Bonchev–Trinajstić information content (AvgIpc) is 3.05. The van der Waals surface area contributed by atoms with Gasteiger partial charge >= 0.3 is 5.82 Å². The van der Waals surface area contributed by atoms with E-state index in [0.29, 0.717) is 18.4 Å². The highest BCUT2D eigenvalue weighted by Crippen LogP contribution is 2.25. The second-order valence-electron chi connectivity index (χ2n) is 4.42. The normalized spacial score (nSPS) is 15.2. The van der Waals surface area contributed by atoms with Gasteiger partial charge in [-0.25, -0.2) is 0 Å². The fraction of sp³-hybridized carbons (Fsp3) is 0.700. The molecule has 0 bridgehead atoms. The molecule has 0 unspecified atom stereocenters. The fourth-order valence-corrected chi connectivity index (χ4v) is 1.80. The summed E-state index contributed by atoms with van der Waals surface area (Å²) >= 11 is 0. The molecule has 0 aromatic carbocycles. The minimum atomic E-state index is -0.465. The molecule has 94 valence electrons. The van der Waals surface area contributed by atoms with Crippen LogP contribution in [0.15, 0.2) is 6.33 Å². The molecule has 0 spiro atoms. The summed E-state index contributed by atoms with van der Waals surface area (Å²) in [5.41, 5.74) is 0. The first-order chi connectivity index (χ1) is 8.09. The van der Waals surface area contributed by atoms with Crippen LogP contribution < -0.4 is 5.32 Å². The van der Waals surface area contributed by atoms with Crippen molar-refractivity contribution < 1.29 is 4.92 Å². The van der Waals surface area contributed by atoms with Crippen LogP contribution in [0.4, 0.5) is 11.6 Å². The lowest BCUT2D eigenvalue weighted by atomic mass is 10.5. The van der Waals surface area contributed by atoms with Gasteiger partial charge in [0.1, 0.15) is 0 Å². The molecule has 0 radical (unpaired) electrons. The van der Waals surface area contributed by atoms with Crippen molar-refractivity contribution in [2.24, 2.45) is 7.05 Å². The zero-order chi connectivity index (χ0) is 12.4. The van der Waals surface area contributed by atoms with Gasteiger partial charge in [-0.15, -0.1) is 0 Å². The van der Waals surface area contributed by atoms with Crippen molar-refractivity contribution in [1.82, 2.24) is 14.5 Å². The average molecular weight is 239 g/mol. The molecule has 1 heterocycles. The Labute approximate surface area is 99.6 Å². The summed E-state index contributed by atoms with van der Waals surface area (Å²) in [5.74, 6) is 0.362. The number of aromatic nitrogens is 2. The van der Waals surface area contributed by atoms with Gasteiger partial charge in [0.15, 0.2) is 0 Å². The van der Waals surface area contributed by atoms with Crippen molar-refractivity contribution in [2.45, 2.75) is 18.9 Å². The lowest BCUT2D eigenvalue weighted by molar-refractivity contribution is -0.388. The number of imidazole rings is 1. The van der Waals surface area contributed by atoms with E-state index in [0.717, 1.165) is 6.54 Å². The van der Waals surface area contributed by atoms with Gasteiger partial charge in [-0.1, -0.05) is 0 Å². The van der Waals surface area contributed by atoms with Crippen molar-refractivity contribution in [3.8, 4) is 0 Å². The Morgan fingerprint density at radius 3 is 3.00 bits per heavy atom. The van der Waals surface area contributed by atoms with Gasteiger partial charge in [0.05, 0.1) is 0 Å². The maximum atomic E-state index is 10.7. The number of aryl methyl sites for hydroxylation is 1. The van der Waals surface area contributed by atoms with E-state index in [2.05, 4.69) is 22.2 Å². The number of rotatable bonds is 6. The number of nitrogens with one attached hydrogen (secondary N) is 1. The number of hydrogen-bond acceptors (Lipinski definition) is 5. The lowest BCUT2D eigenvalue weighted by Crippen LogP contribution is -2.27. The highest BCUT2D eigenvalue weighted by molar-refractivity contribution is 5.51. The van der Waals surface area contributed by atoms with Crippen molar-refractivity contribution in [1.29, 1.82) is 0 Å². The Morgan fingerprint density at radius 1 is 1.71 bits per heavy atom. The van der Waals surface area contributed by atoms with Gasteiger partial charge in [-0.3, -0.25) is 4.57 Å². The summed E-state index contributed by atoms with van der Waals surface area (Å²) in [5, 5.41) is 13.8. The van der Waals surface area contributed by atoms with E-state index in [-0.39, 0.29) is 5.82 Å². The van der Waals surface area contributed by atoms with Crippen LogP contribution in [0.3, 0.4) is 0 Å². The van der Waals surface area contributed by atoms with Crippen LogP contribution in [0.25, 0.3) is 0 Å². The summed E-state index contributed by atoms with van der Waals surface area (Å²) in [4.78, 5) is 16.3. The molecule has 1 aliphatic carbocycles. The standard InChI is InChI=1S/C10H17N5O2/c1-13(8-3-4-8)6-5-11-9-10(15(16)17)12-7-14(9)2/h7-8,11H,3-6H2,1-2H3. The molecule has 0 atom stereocenters. The van der Waals surface area contributed by atoms with Gasteiger partial charge < -0.3 is 20.3 Å². The number of hydrogen-bond donors (Lipinski definition) is 1. The third-order valence-electron chi connectivity index (χ3n) is 3.02. The Morgan fingerprint density at radius 2 is 2.41 bits per heavy atom. The zero-order valence-electron chi connectivity index (χ0n) is 10.1. The Bertz CT molecular complexity index is 413. The minimum Gasteiger partial charge on any atom is -0.363 e. The van der Waals surface area contributed by atoms with Gasteiger partial charge in [0, 0.05) is 26.2 Å². The molecule has 1 saturated carbocycles. The maximum absolute atomic E-state index is 10.7. The molecular weight excluding hydrogens is 222 g/mol. The molecule has 0 amide bonds. The van der Waals surface area contributed by atoms with E-state index in [1.807, 2.05) is 0 Å². The predicted molar refractivity (Wildman–Crippen MR) is 64.0 cm³/mol. The van der Waals surface area contributed by atoms with Gasteiger partial charge in [-0.2, -0.15) is 0 Å². The third-order valence-corrected chi connectivity index (χ3v) is 3.02. The van der Waals surface area contributed by atoms with E-state index < -0.39 is 4.92 Å². The van der Waals surface area contributed by atoms with Crippen LogP contribution >= 0.6 is 0 Å². The Balaban J connectivity index is 1.89. The van der Waals surface area contributed by atoms with Crippen LogP contribution in [0.2, 0.25) is 0 Å². The molecule has 1 aliphatic rings. The highest BCUT2D eigenvalue weighted by Gasteiger charge is 2.26. The molecule has 1 aromatic rings. The summed E-state index contributed by atoms with van der Waals surface area (Å²) < 4.78 is 1.63.